The summed E-state index contributed by atoms with van der Waals surface area (Å²) in [4.78, 5) is 30.7. The van der Waals surface area contributed by atoms with Crippen molar-refractivity contribution in [1.29, 1.82) is 0 Å². The van der Waals surface area contributed by atoms with Crippen molar-refractivity contribution < 1.29 is 14.1 Å². The van der Waals surface area contributed by atoms with Crippen molar-refractivity contribution in [3.05, 3.63) is 80.7 Å². The predicted molar refractivity (Wildman–Crippen MR) is 120 cm³/mol. The van der Waals surface area contributed by atoms with Crippen molar-refractivity contribution in [3.63, 3.8) is 0 Å². The van der Waals surface area contributed by atoms with Crippen molar-refractivity contribution >= 4 is 56.7 Å². The summed E-state index contributed by atoms with van der Waals surface area (Å²) in [5.74, 6) is -0.428. The molecule has 32 heavy (non-hydrogen) atoms. The number of aliphatic imine (C=N–C) groups is 1. The lowest BCUT2D eigenvalue weighted by atomic mass is 9.98. The van der Waals surface area contributed by atoms with E-state index in [1.165, 1.54) is 36.0 Å². The number of benzene rings is 2. The van der Waals surface area contributed by atoms with Gasteiger partial charge < -0.3 is 0 Å². The number of non-ortho nitro benzene ring substituents is 1. The van der Waals surface area contributed by atoms with Crippen LogP contribution in [-0.4, -0.2) is 37.5 Å². The van der Waals surface area contributed by atoms with Crippen molar-refractivity contribution in [2.75, 3.05) is 5.75 Å². The minimum Gasteiger partial charge on any atom is -0.272 e. The number of halogens is 2. The van der Waals surface area contributed by atoms with Crippen LogP contribution in [0.5, 0.6) is 0 Å². The SMILES string of the molecule is O=C1CSC(N2N=C(c3ccc([N+](=O)[O-])cc3)CC2c2cc3cc(F)ccc3nc2Cl)=N1. The molecule has 160 valence electrons. The summed E-state index contributed by atoms with van der Waals surface area (Å²) in [7, 11) is 0. The fourth-order valence-corrected chi connectivity index (χ4v) is 4.72. The number of rotatable bonds is 3. The molecule has 11 heteroatoms. The first-order valence-corrected chi connectivity index (χ1v) is 10.9. The monoisotopic (exact) mass is 469 g/mol. The molecule has 1 atom stereocenters. The lowest BCUT2D eigenvalue weighted by Gasteiger charge is -2.23. The molecule has 1 aromatic heterocycles. The first-order chi connectivity index (χ1) is 15.4. The summed E-state index contributed by atoms with van der Waals surface area (Å²) in [6, 6.07) is 11.7. The molecule has 0 bridgehead atoms. The van der Waals surface area contributed by atoms with Crippen molar-refractivity contribution in [2.24, 2.45) is 10.1 Å². The van der Waals surface area contributed by atoms with Crippen LogP contribution < -0.4 is 0 Å². The van der Waals surface area contributed by atoms with E-state index in [0.29, 0.717) is 39.3 Å². The highest BCUT2D eigenvalue weighted by molar-refractivity contribution is 8.14. The van der Waals surface area contributed by atoms with Crippen LogP contribution in [0.2, 0.25) is 5.15 Å². The molecule has 0 N–H and O–H groups in total. The first-order valence-electron chi connectivity index (χ1n) is 9.50. The number of amidine groups is 1. The number of carbonyl (C=O) groups is 1. The fourth-order valence-electron chi connectivity index (χ4n) is 3.67. The summed E-state index contributed by atoms with van der Waals surface area (Å²) in [5, 5.41) is 18.5. The highest BCUT2D eigenvalue weighted by Gasteiger charge is 2.36. The number of fused-ring (bicyclic) bond motifs is 1. The molecule has 0 radical (unpaired) electrons. The highest BCUT2D eigenvalue weighted by atomic mass is 35.5. The molecule has 0 saturated heterocycles. The molecule has 3 heterocycles. The van der Waals surface area contributed by atoms with Crippen LogP contribution in [0.3, 0.4) is 0 Å². The second-order valence-corrected chi connectivity index (χ2v) is 8.50. The molecular formula is C21H13ClFN5O3S. The average Bonchev–Trinajstić information content (AvgIpc) is 3.40. The molecule has 1 amide bonds. The Morgan fingerprint density at radius 3 is 2.66 bits per heavy atom. The molecule has 3 aromatic rings. The number of nitrogens with zero attached hydrogens (tertiary/aromatic N) is 5. The van der Waals surface area contributed by atoms with Crippen LogP contribution in [0.15, 0.2) is 58.6 Å². The Morgan fingerprint density at radius 1 is 1.19 bits per heavy atom. The molecule has 0 spiro atoms. The van der Waals surface area contributed by atoms with Gasteiger partial charge in [0.25, 0.3) is 11.6 Å². The van der Waals surface area contributed by atoms with E-state index in [1.807, 2.05) is 0 Å². The standard InChI is InChI=1S/C21H13ClFN5O3S/c22-20-15(8-12-7-13(23)3-6-16(12)24-20)18-9-17(11-1-4-14(5-2-11)28(30)31)26-27(18)21-25-19(29)10-32-21/h1-8,18H,9-10H2. The number of nitro groups is 1. The van der Waals surface area contributed by atoms with Crippen molar-refractivity contribution in [2.45, 2.75) is 12.5 Å². The van der Waals surface area contributed by atoms with E-state index in [9.17, 15) is 19.3 Å². The van der Waals surface area contributed by atoms with Gasteiger partial charge in [-0.3, -0.25) is 14.9 Å². The van der Waals surface area contributed by atoms with Crippen LogP contribution in [0, 0.1) is 15.9 Å². The van der Waals surface area contributed by atoms with E-state index in [1.54, 1.807) is 29.3 Å². The Morgan fingerprint density at radius 2 is 1.97 bits per heavy atom. The molecule has 5 rings (SSSR count). The Labute approximate surface area is 189 Å². The number of hydrogen-bond acceptors (Lipinski definition) is 7. The summed E-state index contributed by atoms with van der Waals surface area (Å²) in [5.41, 5.74) is 2.51. The Kier molecular flexibility index (Phi) is 5.10. The van der Waals surface area contributed by atoms with Gasteiger partial charge >= 0.3 is 0 Å². The molecule has 0 fully saturated rings. The van der Waals surface area contributed by atoms with E-state index in [0.717, 1.165) is 0 Å². The number of nitro benzene ring substituents is 1. The van der Waals surface area contributed by atoms with Gasteiger partial charge in [0.1, 0.15) is 11.0 Å². The lowest BCUT2D eigenvalue weighted by molar-refractivity contribution is -0.384. The third-order valence-electron chi connectivity index (χ3n) is 5.18. The highest BCUT2D eigenvalue weighted by Crippen LogP contribution is 2.39. The van der Waals surface area contributed by atoms with Crippen LogP contribution in [-0.2, 0) is 4.79 Å². The number of carbonyl (C=O) groups excluding carboxylic acids is 1. The van der Waals surface area contributed by atoms with Crippen LogP contribution in [0.1, 0.15) is 23.6 Å². The summed E-state index contributed by atoms with van der Waals surface area (Å²) < 4.78 is 13.8. The average molecular weight is 470 g/mol. The Hall–Kier alpha value is -3.37. The number of hydrazone groups is 1. The van der Waals surface area contributed by atoms with E-state index >= 15 is 0 Å². The quantitative estimate of drug-likeness (QED) is 0.312. The molecule has 2 aliphatic heterocycles. The predicted octanol–water partition coefficient (Wildman–Crippen LogP) is 4.72. The molecule has 2 aromatic carbocycles. The number of hydrogen-bond donors (Lipinski definition) is 0. The van der Waals surface area contributed by atoms with Gasteiger partial charge in [0.2, 0.25) is 0 Å². The number of amides is 1. The van der Waals surface area contributed by atoms with Gasteiger partial charge in [-0.2, -0.15) is 10.1 Å². The van der Waals surface area contributed by atoms with Gasteiger partial charge in [-0.25, -0.2) is 14.4 Å². The number of thioether (sulfide) groups is 1. The molecule has 1 unspecified atom stereocenters. The van der Waals surface area contributed by atoms with Crippen molar-refractivity contribution in [1.82, 2.24) is 9.99 Å². The number of pyridine rings is 1. The van der Waals surface area contributed by atoms with Gasteiger partial charge in [0.15, 0.2) is 5.17 Å². The third-order valence-corrected chi connectivity index (χ3v) is 6.41. The second kappa shape index (κ2) is 7.95. The van der Waals surface area contributed by atoms with Gasteiger partial charge in [-0.15, -0.1) is 0 Å². The zero-order valence-corrected chi connectivity index (χ0v) is 17.8. The smallest absolute Gasteiger partial charge is 0.269 e. The zero-order valence-electron chi connectivity index (χ0n) is 16.2. The van der Waals surface area contributed by atoms with Crippen LogP contribution in [0.25, 0.3) is 10.9 Å². The topological polar surface area (TPSA) is 101 Å². The maximum Gasteiger partial charge on any atom is 0.269 e. The fraction of sp³-hybridized carbons (Fsp3) is 0.143. The van der Waals surface area contributed by atoms with E-state index in [-0.39, 0.29) is 28.3 Å². The molecular weight excluding hydrogens is 457 g/mol. The minimum absolute atomic E-state index is 0.0223. The summed E-state index contributed by atoms with van der Waals surface area (Å²) in [6.45, 7) is 0. The first kappa shape index (κ1) is 20.5. The lowest BCUT2D eigenvalue weighted by Crippen LogP contribution is -2.24. The second-order valence-electron chi connectivity index (χ2n) is 7.20. The van der Waals surface area contributed by atoms with Crippen LogP contribution >= 0.6 is 23.4 Å². The maximum atomic E-state index is 13.8. The van der Waals surface area contributed by atoms with Crippen molar-refractivity contribution in [3.8, 4) is 0 Å². The Balaban J connectivity index is 1.57. The minimum atomic E-state index is -0.468. The van der Waals surface area contributed by atoms with Crippen LogP contribution in [0.4, 0.5) is 10.1 Å². The van der Waals surface area contributed by atoms with E-state index in [4.69, 9.17) is 11.6 Å². The third kappa shape index (κ3) is 3.71. The normalized spacial score (nSPS) is 18.2. The van der Waals surface area contributed by atoms with E-state index in [2.05, 4.69) is 15.1 Å². The molecule has 0 saturated carbocycles. The van der Waals surface area contributed by atoms with Gasteiger partial charge in [-0.05, 0) is 42.0 Å². The largest absolute Gasteiger partial charge is 0.272 e. The molecule has 2 aliphatic rings. The Bertz CT molecular complexity index is 1350. The van der Waals surface area contributed by atoms with Gasteiger partial charge in [0, 0.05) is 29.5 Å². The zero-order chi connectivity index (χ0) is 22.4. The summed E-state index contributed by atoms with van der Waals surface area (Å²) >= 11 is 7.77. The van der Waals surface area contributed by atoms with E-state index < -0.39 is 11.0 Å². The van der Waals surface area contributed by atoms with Gasteiger partial charge in [0.05, 0.1) is 27.9 Å². The summed E-state index contributed by atoms with van der Waals surface area (Å²) in [6.07, 6.45) is 0.397. The molecule has 0 aliphatic carbocycles. The molecule has 8 nitrogen and oxygen atoms in total. The van der Waals surface area contributed by atoms with Gasteiger partial charge in [-0.1, -0.05) is 23.4 Å². The maximum absolute atomic E-state index is 13.8. The number of aromatic nitrogens is 1.